The van der Waals surface area contributed by atoms with Crippen LogP contribution in [0.3, 0.4) is 0 Å². The third kappa shape index (κ3) is 9.17. The SMILES string of the molecule is C#C[C@]1(CO[P@@](=O)(NC(C)C(=O)O)Oc2ccccc2)O[C@@H](n2cnc3c(N)nc(F)nc32)C[C@@H]1OC(=O)OCCCCCCCC. The number of aromatic nitrogens is 4. The Morgan fingerprint density at radius 1 is 1.26 bits per heavy atom. The van der Waals surface area contributed by atoms with E-state index in [1.165, 1.54) is 30.0 Å². The molecule has 3 heterocycles. The summed E-state index contributed by atoms with van der Waals surface area (Å²) in [4.78, 5) is 35.8. The van der Waals surface area contributed by atoms with Gasteiger partial charge in [0.25, 0.3) is 0 Å². The Morgan fingerprint density at radius 2 is 1.98 bits per heavy atom. The van der Waals surface area contributed by atoms with E-state index in [0.29, 0.717) is 6.42 Å². The number of imidazole rings is 1. The number of hydrogen-bond donors (Lipinski definition) is 3. The quantitative estimate of drug-likeness (QED) is 0.0568. The number of nitrogens with zero attached hydrogens (tertiary/aromatic N) is 4. The van der Waals surface area contributed by atoms with Crippen molar-refractivity contribution < 1.29 is 46.9 Å². The molecule has 0 bridgehead atoms. The fourth-order valence-corrected chi connectivity index (χ4v) is 6.37. The Morgan fingerprint density at radius 3 is 2.68 bits per heavy atom. The molecule has 3 aromatic rings. The molecule has 4 rings (SSSR count). The van der Waals surface area contributed by atoms with Crippen molar-refractivity contribution in [3.8, 4) is 18.1 Å². The van der Waals surface area contributed by atoms with Gasteiger partial charge in [-0.2, -0.15) is 19.4 Å². The maximum absolute atomic E-state index is 14.1. The van der Waals surface area contributed by atoms with E-state index < -0.39 is 56.5 Å². The van der Waals surface area contributed by atoms with Crippen molar-refractivity contribution in [2.45, 2.75) is 82.8 Å². The molecular weight excluding hydrogens is 638 g/mol. The molecule has 1 unspecified atom stereocenters. The van der Waals surface area contributed by atoms with E-state index in [2.05, 4.69) is 32.9 Å². The number of carboxylic acid groups (broad SMARTS) is 1. The number of nitrogens with one attached hydrogen (secondary N) is 1. The van der Waals surface area contributed by atoms with Crippen molar-refractivity contribution in [2.24, 2.45) is 0 Å². The fraction of sp³-hybridized carbons (Fsp3) is 0.500. The number of carbonyl (C=O) groups excluding carboxylic acids is 1. The molecule has 0 aliphatic carbocycles. The lowest BCUT2D eigenvalue weighted by Crippen LogP contribution is -2.45. The molecule has 1 aliphatic heterocycles. The number of nitrogens with two attached hydrogens (primary N) is 1. The van der Waals surface area contributed by atoms with Crippen LogP contribution in [0.25, 0.3) is 11.2 Å². The summed E-state index contributed by atoms with van der Waals surface area (Å²) < 4.78 is 57.8. The number of halogens is 1. The number of para-hydroxylation sites is 1. The van der Waals surface area contributed by atoms with E-state index >= 15 is 0 Å². The molecule has 4 N–H and O–H groups in total. The molecular formula is C30H38FN6O9P. The molecule has 17 heteroatoms. The number of anilines is 1. The highest BCUT2D eigenvalue weighted by molar-refractivity contribution is 7.52. The first-order valence-corrected chi connectivity index (χ1v) is 16.7. The van der Waals surface area contributed by atoms with Crippen LogP contribution in [-0.2, 0) is 28.1 Å². The molecule has 254 valence electrons. The molecule has 0 radical (unpaired) electrons. The van der Waals surface area contributed by atoms with E-state index in [1.54, 1.807) is 18.2 Å². The number of aliphatic carboxylic acids is 1. The monoisotopic (exact) mass is 676 g/mol. The number of benzene rings is 1. The van der Waals surface area contributed by atoms with Gasteiger partial charge in [0, 0.05) is 6.42 Å². The van der Waals surface area contributed by atoms with Crippen molar-refractivity contribution >= 4 is 36.9 Å². The van der Waals surface area contributed by atoms with Crippen molar-refractivity contribution in [1.29, 1.82) is 0 Å². The zero-order valence-electron chi connectivity index (χ0n) is 26.0. The normalized spacial score (nSPS) is 21.1. The Bertz CT molecular complexity index is 1620. The van der Waals surface area contributed by atoms with Crippen LogP contribution in [0.4, 0.5) is 15.0 Å². The molecule has 0 saturated carbocycles. The van der Waals surface area contributed by atoms with Crippen LogP contribution in [0.1, 0.15) is 65.0 Å². The zero-order chi connectivity index (χ0) is 34.0. The summed E-state index contributed by atoms with van der Waals surface area (Å²) in [5, 5.41) is 11.8. The second-order valence-corrected chi connectivity index (χ2v) is 12.6. The smallest absolute Gasteiger partial charge is 0.480 e. The second-order valence-electron chi connectivity index (χ2n) is 10.9. The van der Waals surface area contributed by atoms with Gasteiger partial charge in [0.15, 0.2) is 28.7 Å². The number of fused-ring (bicyclic) bond motifs is 1. The zero-order valence-corrected chi connectivity index (χ0v) is 26.9. The number of rotatable bonds is 17. The highest BCUT2D eigenvalue weighted by Crippen LogP contribution is 2.48. The third-order valence-corrected chi connectivity index (χ3v) is 8.98. The van der Waals surface area contributed by atoms with Crippen molar-refractivity contribution in [1.82, 2.24) is 24.6 Å². The standard InChI is InChI=1S/C30H38FN6O9P/c1-4-6-7-8-9-13-16-42-29(40)44-22-17-23(37-19-33-24-25(32)34-28(31)35-26(24)37)45-30(22,5-2)18-43-47(41,36-20(3)27(38)39)46-21-14-11-10-12-15-21/h2,10-12,14-15,19-20,22-23H,4,6-9,13,16-18H2,1,3H3,(H,36,41)(H,38,39)(H2,32,34,35)/t20?,22-,23+,30+,47-/m0/s1. The predicted molar refractivity (Wildman–Crippen MR) is 166 cm³/mol. The maximum atomic E-state index is 14.1. The molecule has 15 nitrogen and oxygen atoms in total. The molecule has 0 spiro atoms. The van der Waals surface area contributed by atoms with Crippen LogP contribution in [-0.4, -0.2) is 67.7 Å². The van der Waals surface area contributed by atoms with Crippen LogP contribution < -0.4 is 15.3 Å². The molecule has 1 saturated heterocycles. The molecule has 1 aliphatic rings. The lowest BCUT2D eigenvalue weighted by Gasteiger charge is -2.30. The minimum absolute atomic E-state index is 0.0202. The predicted octanol–water partition coefficient (Wildman–Crippen LogP) is 4.99. The summed E-state index contributed by atoms with van der Waals surface area (Å²) in [5.41, 5.74) is 3.95. The van der Waals surface area contributed by atoms with Gasteiger partial charge in [-0.25, -0.2) is 14.3 Å². The van der Waals surface area contributed by atoms with Crippen LogP contribution in [0.2, 0.25) is 0 Å². The Kier molecular flexibility index (Phi) is 12.1. The van der Waals surface area contributed by atoms with Gasteiger partial charge in [-0.15, -0.1) is 6.42 Å². The van der Waals surface area contributed by atoms with Gasteiger partial charge in [-0.3, -0.25) is 13.9 Å². The first kappa shape index (κ1) is 35.6. The number of hydrogen-bond acceptors (Lipinski definition) is 12. The molecule has 2 aromatic heterocycles. The molecule has 47 heavy (non-hydrogen) atoms. The highest BCUT2D eigenvalue weighted by atomic mass is 31.2. The largest absolute Gasteiger partial charge is 0.508 e. The molecule has 1 fully saturated rings. The van der Waals surface area contributed by atoms with Crippen molar-refractivity contribution in [2.75, 3.05) is 18.9 Å². The number of ether oxygens (including phenoxy) is 3. The average molecular weight is 677 g/mol. The van der Waals surface area contributed by atoms with Gasteiger partial charge < -0.3 is 29.6 Å². The minimum Gasteiger partial charge on any atom is -0.480 e. The number of carbonyl (C=O) groups is 2. The van der Waals surface area contributed by atoms with Gasteiger partial charge in [0.2, 0.25) is 0 Å². The van der Waals surface area contributed by atoms with Crippen molar-refractivity contribution in [3.63, 3.8) is 0 Å². The lowest BCUT2D eigenvalue weighted by atomic mass is 9.99. The van der Waals surface area contributed by atoms with Gasteiger partial charge in [-0.1, -0.05) is 63.1 Å². The van der Waals surface area contributed by atoms with E-state index in [1.807, 2.05) is 0 Å². The summed E-state index contributed by atoms with van der Waals surface area (Å²) in [6.45, 7) is 2.77. The summed E-state index contributed by atoms with van der Waals surface area (Å²) >= 11 is 0. The number of carboxylic acids is 1. The Hall–Kier alpha value is -4.29. The Balaban J connectivity index is 1.58. The third-order valence-electron chi connectivity index (χ3n) is 7.35. The first-order valence-electron chi connectivity index (χ1n) is 15.1. The summed E-state index contributed by atoms with van der Waals surface area (Å²) in [6.07, 6.45) is 8.50. The topological polar surface area (TPSA) is 199 Å². The number of unbranched alkanes of at least 4 members (excludes halogenated alkanes) is 5. The van der Waals surface area contributed by atoms with E-state index in [0.717, 1.165) is 32.1 Å². The number of nitrogen functional groups attached to an aromatic ring is 1. The molecule has 1 aromatic carbocycles. The first-order chi connectivity index (χ1) is 22.5. The second kappa shape index (κ2) is 16.0. The Labute approximate surface area is 270 Å². The van der Waals surface area contributed by atoms with Gasteiger partial charge in [0.1, 0.15) is 24.6 Å². The van der Waals surface area contributed by atoms with E-state index in [9.17, 15) is 23.7 Å². The lowest BCUT2D eigenvalue weighted by molar-refractivity contribution is -0.138. The van der Waals surface area contributed by atoms with Crippen LogP contribution in [0.15, 0.2) is 36.7 Å². The van der Waals surface area contributed by atoms with Gasteiger partial charge in [-0.05, 0) is 25.5 Å². The minimum atomic E-state index is -4.47. The van der Waals surface area contributed by atoms with Gasteiger partial charge in [0.05, 0.1) is 12.9 Å². The van der Waals surface area contributed by atoms with E-state index in [4.69, 9.17) is 35.4 Å². The van der Waals surface area contributed by atoms with Crippen molar-refractivity contribution in [3.05, 3.63) is 42.7 Å². The highest BCUT2D eigenvalue weighted by Gasteiger charge is 2.53. The van der Waals surface area contributed by atoms with Crippen LogP contribution >= 0.6 is 7.75 Å². The molecule has 0 amide bonds. The summed E-state index contributed by atoms with van der Waals surface area (Å²) in [5.74, 6) is 1.01. The summed E-state index contributed by atoms with van der Waals surface area (Å²) in [6, 6.07) is 6.54. The summed E-state index contributed by atoms with van der Waals surface area (Å²) in [7, 11) is -4.47. The van der Waals surface area contributed by atoms with Crippen LogP contribution in [0, 0.1) is 18.4 Å². The van der Waals surface area contributed by atoms with E-state index in [-0.39, 0.29) is 35.8 Å². The van der Waals surface area contributed by atoms with Gasteiger partial charge >= 0.3 is 25.9 Å². The van der Waals surface area contributed by atoms with Crippen LogP contribution in [0.5, 0.6) is 5.75 Å². The maximum Gasteiger partial charge on any atom is 0.508 e. The number of terminal acetylenes is 1. The fourth-order valence-electron chi connectivity index (χ4n) is 4.84. The molecule has 5 atom stereocenters. The average Bonchev–Trinajstić information content (AvgIpc) is 3.62.